The van der Waals surface area contributed by atoms with Crippen molar-refractivity contribution in [3.8, 4) is 6.07 Å². The molecule has 1 N–H and O–H groups in total. The Morgan fingerprint density at radius 3 is 3.04 bits per heavy atom. The Balaban J connectivity index is 1.85. The van der Waals surface area contributed by atoms with Crippen LogP contribution >= 0.6 is 0 Å². The number of pyridine rings is 1. The lowest BCUT2D eigenvalue weighted by Crippen LogP contribution is -2.24. The predicted molar refractivity (Wildman–Crippen MR) is 89.2 cm³/mol. The summed E-state index contributed by atoms with van der Waals surface area (Å²) in [5, 5.41) is 12.1. The third kappa shape index (κ3) is 3.25. The molecule has 124 valence electrons. The number of hydrogen-bond acceptors (Lipinski definition) is 5. The molecule has 1 fully saturated rings. The topological polar surface area (TPSA) is 82.2 Å². The van der Waals surface area contributed by atoms with Gasteiger partial charge in [0, 0.05) is 19.2 Å². The Kier molecular flexibility index (Phi) is 4.52. The number of aryl methyl sites for hydroxylation is 1. The second-order valence-electron chi connectivity index (χ2n) is 6.00. The van der Waals surface area contributed by atoms with Gasteiger partial charge in [-0.3, -0.25) is 4.79 Å². The number of carbonyl (C=O) groups is 1. The SMILES string of the molecule is CC(=O)NCc1ccc([C@@H]2CCCN2c2nc(C)ccc2C#N)o1. The van der Waals surface area contributed by atoms with Crippen LogP contribution in [0.1, 0.15) is 48.6 Å². The van der Waals surface area contributed by atoms with E-state index in [1.807, 2.05) is 31.2 Å². The maximum atomic E-state index is 11.0. The Bertz CT molecular complexity index is 791. The van der Waals surface area contributed by atoms with E-state index in [0.29, 0.717) is 12.1 Å². The highest BCUT2D eigenvalue weighted by Crippen LogP contribution is 2.37. The number of furan rings is 1. The molecule has 1 aliphatic heterocycles. The molecule has 0 aliphatic carbocycles. The minimum Gasteiger partial charge on any atom is -0.462 e. The standard InChI is InChI=1S/C18H20N4O2/c1-12-5-6-14(10-19)18(21-12)22-9-3-4-16(22)17-8-7-15(24-17)11-20-13(2)23/h5-8,16H,3-4,9,11H2,1-2H3,(H,20,23)/t16-/m0/s1. The van der Waals surface area contributed by atoms with Crippen LogP contribution in [0.25, 0.3) is 0 Å². The Morgan fingerprint density at radius 2 is 2.29 bits per heavy atom. The predicted octanol–water partition coefficient (Wildman–Crippen LogP) is 2.83. The lowest BCUT2D eigenvalue weighted by molar-refractivity contribution is -0.119. The van der Waals surface area contributed by atoms with Crippen LogP contribution in [0.4, 0.5) is 5.82 Å². The Hall–Kier alpha value is -2.81. The van der Waals surface area contributed by atoms with Crippen LogP contribution in [0.3, 0.4) is 0 Å². The Morgan fingerprint density at radius 1 is 1.46 bits per heavy atom. The van der Waals surface area contributed by atoms with Crippen LogP contribution in [-0.4, -0.2) is 17.4 Å². The largest absolute Gasteiger partial charge is 0.462 e. The summed E-state index contributed by atoms with van der Waals surface area (Å²) in [7, 11) is 0. The van der Waals surface area contributed by atoms with E-state index in [9.17, 15) is 10.1 Å². The molecule has 6 heteroatoms. The van der Waals surface area contributed by atoms with Crippen molar-refractivity contribution in [1.29, 1.82) is 5.26 Å². The van der Waals surface area contributed by atoms with Crippen molar-refractivity contribution < 1.29 is 9.21 Å². The van der Waals surface area contributed by atoms with Crippen molar-refractivity contribution in [1.82, 2.24) is 10.3 Å². The van der Waals surface area contributed by atoms with E-state index < -0.39 is 0 Å². The van der Waals surface area contributed by atoms with Gasteiger partial charge in [-0.1, -0.05) is 0 Å². The van der Waals surface area contributed by atoms with E-state index in [-0.39, 0.29) is 11.9 Å². The van der Waals surface area contributed by atoms with Crippen molar-refractivity contribution in [3.05, 3.63) is 47.0 Å². The molecule has 3 heterocycles. The van der Waals surface area contributed by atoms with Crippen LogP contribution < -0.4 is 10.2 Å². The number of carbonyl (C=O) groups excluding carboxylic acids is 1. The van der Waals surface area contributed by atoms with Crippen molar-refractivity contribution in [2.45, 2.75) is 39.3 Å². The second-order valence-corrected chi connectivity index (χ2v) is 6.00. The van der Waals surface area contributed by atoms with E-state index in [1.54, 1.807) is 0 Å². The summed E-state index contributed by atoms with van der Waals surface area (Å²) in [6.45, 7) is 4.63. The van der Waals surface area contributed by atoms with Gasteiger partial charge in [0.2, 0.25) is 5.91 Å². The van der Waals surface area contributed by atoms with E-state index in [2.05, 4.69) is 21.3 Å². The minimum atomic E-state index is -0.0851. The van der Waals surface area contributed by atoms with Crippen molar-refractivity contribution in [3.63, 3.8) is 0 Å². The lowest BCUT2D eigenvalue weighted by atomic mass is 10.1. The average Bonchev–Trinajstić information content (AvgIpc) is 3.21. The molecule has 0 radical (unpaired) electrons. The second kappa shape index (κ2) is 6.75. The van der Waals surface area contributed by atoms with E-state index in [4.69, 9.17) is 4.42 Å². The van der Waals surface area contributed by atoms with Gasteiger partial charge in [0.1, 0.15) is 23.4 Å². The number of hydrogen-bond donors (Lipinski definition) is 1. The normalized spacial score (nSPS) is 16.9. The van der Waals surface area contributed by atoms with Crippen LogP contribution in [0.2, 0.25) is 0 Å². The summed E-state index contributed by atoms with van der Waals surface area (Å²) in [5.41, 5.74) is 1.47. The van der Waals surface area contributed by atoms with Crippen molar-refractivity contribution >= 4 is 11.7 Å². The first-order valence-electron chi connectivity index (χ1n) is 8.06. The fourth-order valence-corrected chi connectivity index (χ4v) is 3.05. The number of nitrogens with zero attached hydrogens (tertiary/aromatic N) is 3. The van der Waals surface area contributed by atoms with Gasteiger partial charge in [-0.05, 0) is 44.0 Å². The molecule has 0 unspecified atom stereocenters. The summed E-state index contributed by atoms with van der Waals surface area (Å²) >= 11 is 0. The van der Waals surface area contributed by atoms with Crippen LogP contribution in [-0.2, 0) is 11.3 Å². The summed E-state index contributed by atoms with van der Waals surface area (Å²) in [6, 6.07) is 9.80. The van der Waals surface area contributed by atoms with Gasteiger partial charge in [-0.15, -0.1) is 0 Å². The van der Waals surface area contributed by atoms with Crippen molar-refractivity contribution in [2.24, 2.45) is 0 Å². The first kappa shape index (κ1) is 16.1. The van der Waals surface area contributed by atoms with Gasteiger partial charge in [-0.2, -0.15) is 5.26 Å². The first-order valence-corrected chi connectivity index (χ1v) is 8.06. The number of nitriles is 1. The summed E-state index contributed by atoms with van der Waals surface area (Å²) in [4.78, 5) is 17.7. The number of anilines is 1. The number of rotatable bonds is 4. The molecule has 2 aromatic heterocycles. The summed E-state index contributed by atoms with van der Waals surface area (Å²) in [5.74, 6) is 2.21. The van der Waals surface area contributed by atoms with Crippen LogP contribution in [0.5, 0.6) is 0 Å². The molecule has 3 rings (SSSR count). The lowest BCUT2D eigenvalue weighted by Gasteiger charge is -2.25. The van der Waals surface area contributed by atoms with Crippen molar-refractivity contribution in [2.75, 3.05) is 11.4 Å². The molecule has 1 saturated heterocycles. The van der Waals surface area contributed by atoms with Gasteiger partial charge >= 0.3 is 0 Å². The zero-order chi connectivity index (χ0) is 17.1. The fourth-order valence-electron chi connectivity index (χ4n) is 3.05. The maximum absolute atomic E-state index is 11.0. The molecule has 1 aliphatic rings. The monoisotopic (exact) mass is 324 g/mol. The molecule has 1 amide bonds. The van der Waals surface area contributed by atoms with E-state index in [0.717, 1.165) is 42.4 Å². The fraction of sp³-hybridized carbons (Fsp3) is 0.389. The van der Waals surface area contributed by atoms with Gasteiger partial charge in [-0.25, -0.2) is 4.98 Å². The van der Waals surface area contributed by atoms with Gasteiger partial charge < -0.3 is 14.6 Å². The average molecular weight is 324 g/mol. The Labute approximate surface area is 141 Å². The van der Waals surface area contributed by atoms with Gasteiger partial charge in [0.25, 0.3) is 0 Å². The quantitative estimate of drug-likeness (QED) is 0.935. The van der Waals surface area contributed by atoms with Gasteiger partial charge in [0.15, 0.2) is 0 Å². The van der Waals surface area contributed by atoms with E-state index in [1.165, 1.54) is 6.92 Å². The molecule has 0 spiro atoms. The molecule has 0 aromatic carbocycles. The first-order chi connectivity index (χ1) is 11.6. The van der Waals surface area contributed by atoms with E-state index >= 15 is 0 Å². The molecule has 6 nitrogen and oxygen atoms in total. The molecule has 0 bridgehead atoms. The zero-order valence-electron chi connectivity index (χ0n) is 13.9. The smallest absolute Gasteiger partial charge is 0.217 e. The highest BCUT2D eigenvalue weighted by molar-refractivity contribution is 5.72. The number of amides is 1. The minimum absolute atomic E-state index is 0.0671. The highest BCUT2D eigenvalue weighted by Gasteiger charge is 2.31. The maximum Gasteiger partial charge on any atom is 0.217 e. The molecular formula is C18H20N4O2. The zero-order valence-corrected chi connectivity index (χ0v) is 13.9. The molecular weight excluding hydrogens is 304 g/mol. The van der Waals surface area contributed by atoms with Crippen LogP contribution in [0, 0.1) is 18.3 Å². The number of aromatic nitrogens is 1. The van der Waals surface area contributed by atoms with Crippen LogP contribution in [0.15, 0.2) is 28.7 Å². The summed E-state index contributed by atoms with van der Waals surface area (Å²) < 4.78 is 5.91. The molecule has 0 saturated carbocycles. The number of nitrogens with one attached hydrogen (secondary N) is 1. The third-order valence-corrected chi connectivity index (χ3v) is 4.18. The molecule has 2 aromatic rings. The molecule has 24 heavy (non-hydrogen) atoms. The third-order valence-electron chi connectivity index (χ3n) is 4.18. The molecule has 1 atom stereocenters. The highest BCUT2D eigenvalue weighted by atomic mass is 16.3. The summed E-state index contributed by atoms with van der Waals surface area (Å²) in [6.07, 6.45) is 1.97. The van der Waals surface area contributed by atoms with Gasteiger partial charge in [0.05, 0.1) is 18.2 Å².